The molecule has 0 aliphatic rings. The number of hydrogen-bond acceptors (Lipinski definition) is 3. The van der Waals surface area contributed by atoms with Crippen LogP contribution in [-0.4, -0.2) is 72.5 Å². The summed E-state index contributed by atoms with van der Waals surface area (Å²) >= 11 is 0. The smallest absolute Gasteiger partial charge is 0.393 e. The Labute approximate surface area is 355 Å². The van der Waals surface area contributed by atoms with E-state index < -0.39 is 195 Å². The molecule has 0 spiro atoms. The lowest BCUT2D eigenvalue weighted by atomic mass is 9.92. The van der Waals surface area contributed by atoms with Gasteiger partial charge in [0.05, 0.1) is 32.7 Å². The summed E-state index contributed by atoms with van der Waals surface area (Å²) in [6, 6.07) is 0. The van der Waals surface area contributed by atoms with E-state index in [-0.39, 0.29) is 0 Å². The third kappa shape index (κ3) is 6.62. The highest BCUT2D eigenvalue weighted by Crippen LogP contribution is 2.57. The predicted octanol–water partition coefficient (Wildman–Crippen LogP) is 11.9. The van der Waals surface area contributed by atoms with Crippen LogP contribution in [0.5, 0.6) is 0 Å². The van der Waals surface area contributed by atoms with Crippen molar-refractivity contribution in [1.29, 1.82) is 0 Å². The summed E-state index contributed by atoms with van der Waals surface area (Å²) in [7, 11) is -6.74. The van der Waals surface area contributed by atoms with Crippen molar-refractivity contribution in [2.45, 2.75) is 54.1 Å². The van der Waals surface area contributed by atoms with E-state index in [0.29, 0.717) is 0 Å². The van der Waals surface area contributed by atoms with Gasteiger partial charge in [-0.1, -0.05) is 0 Å². The van der Waals surface area contributed by atoms with E-state index in [0.717, 1.165) is 0 Å². The van der Waals surface area contributed by atoms with Gasteiger partial charge in [0.2, 0.25) is 0 Å². The van der Waals surface area contributed by atoms with Gasteiger partial charge in [-0.05, 0) is 0 Å². The topological polar surface area (TPSA) is 53.5 Å². The fraction of sp³-hybridized carbons (Fsp3) is 0.300. The minimum absolute atomic E-state index is 1.90. The van der Waals surface area contributed by atoms with Gasteiger partial charge < -0.3 is 13.8 Å². The summed E-state index contributed by atoms with van der Waals surface area (Å²) in [4.78, 5) is 0. The Bertz CT molecular complexity index is 2840. The van der Waals surface area contributed by atoms with Crippen LogP contribution in [0.1, 0.15) is 17.1 Å². The predicted molar refractivity (Wildman–Crippen MR) is 157 cm³/mol. The Balaban J connectivity index is 2.06. The van der Waals surface area contributed by atoms with E-state index in [9.17, 15) is 92.2 Å². The van der Waals surface area contributed by atoms with E-state index in [4.69, 9.17) is 0 Å². The zero-order valence-electron chi connectivity index (χ0n) is 30.9. The van der Waals surface area contributed by atoms with E-state index >= 15 is 52.7 Å². The van der Waals surface area contributed by atoms with Crippen LogP contribution in [0.2, 0.25) is 0 Å². The second-order valence-electron chi connectivity index (χ2n) is 13.8. The molecule has 386 valence electrons. The zero-order chi connectivity index (χ0) is 54.1. The number of aromatic nitrogens is 6. The first-order chi connectivity index (χ1) is 31.2. The molecule has 0 atom stereocenters. The van der Waals surface area contributed by atoms with Crippen molar-refractivity contribution in [2.24, 2.45) is 0 Å². The zero-order valence-corrected chi connectivity index (χ0v) is 30.9. The van der Waals surface area contributed by atoms with Gasteiger partial charge >= 0.3 is 61.2 Å². The molecule has 0 bridgehead atoms. The molecule has 3 heterocycles. The van der Waals surface area contributed by atoms with E-state index in [1.807, 2.05) is 15.3 Å². The molecule has 0 fully saturated rings. The first-order valence-electron chi connectivity index (χ1n) is 16.6. The van der Waals surface area contributed by atoms with Crippen molar-refractivity contribution in [1.82, 2.24) is 29.1 Å². The summed E-state index contributed by atoms with van der Waals surface area (Å²) in [5.74, 6) is -92.1. The highest BCUT2D eigenvalue weighted by atomic mass is 19.4. The summed E-state index contributed by atoms with van der Waals surface area (Å²) in [5, 5.41) is -4.94. The normalized spacial score (nSPS) is 14.5. The third-order valence-electron chi connectivity index (χ3n) is 9.82. The largest absolute Gasteiger partial charge is 0.460 e. The van der Waals surface area contributed by atoms with Crippen molar-refractivity contribution in [3.8, 4) is 0 Å². The third-order valence-corrected chi connectivity index (χ3v) is 9.82. The lowest BCUT2D eigenvalue weighted by Gasteiger charge is -2.31. The second kappa shape index (κ2) is 15.2. The van der Waals surface area contributed by atoms with E-state index in [1.165, 1.54) is 0 Å². The first-order valence-corrected chi connectivity index (χ1v) is 16.6. The maximum Gasteiger partial charge on any atom is 0.460 e. The van der Waals surface area contributed by atoms with Crippen LogP contribution in [0, 0.1) is 69.8 Å². The molecular weight excluding hydrogens is 1080 g/mol. The van der Waals surface area contributed by atoms with Crippen molar-refractivity contribution < 1.29 is 145 Å². The standard InChI is InChI=1S/C30HBF33N6/c32-4-1-16(13(41)10(38)7(4)35)68(65-19(1)22(44,45)25(50,51)28(56,57)58)31(69-17-2(5(33)8(36)11(39)14(17)42)20(66-69)23(46,47)26(52,53)29(59,60)61)70-18-3(6(34)9(37)12(40)15(18)43)21(67-70)24(48,49)27(54,55)30(62,63)64/h31H/q-1. The monoisotopic (exact) mass is 1080 g/mol. The lowest BCUT2D eigenvalue weighted by Crippen LogP contribution is -2.51. The van der Waals surface area contributed by atoms with Crippen LogP contribution in [0.3, 0.4) is 0 Å². The lowest BCUT2D eigenvalue weighted by molar-refractivity contribution is -0.360. The minimum Gasteiger partial charge on any atom is -0.393 e. The van der Waals surface area contributed by atoms with Gasteiger partial charge in [-0.3, -0.25) is 0 Å². The summed E-state index contributed by atoms with van der Waals surface area (Å²) < 4.78 is 476. The molecule has 0 N–H and O–H groups in total. The molecule has 6 nitrogen and oxygen atoms in total. The molecular formula is C30HBF33N6-. The van der Waals surface area contributed by atoms with Crippen LogP contribution < -0.4 is 0 Å². The average Bonchev–Trinajstić information content (AvgIpc) is 3.95. The molecule has 6 aromatic rings. The molecule has 0 saturated carbocycles. The summed E-state index contributed by atoms with van der Waals surface area (Å²) in [5.41, 5.74) is -22.6. The average molecular weight is 1080 g/mol. The van der Waals surface area contributed by atoms with Gasteiger partial charge in [-0.2, -0.15) is 92.2 Å². The molecule has 0 radical (unpaired) electrons. The minimum atomic E-state index is -7.97. The van der Waals surface area contributed by atoms with E-state index in [1.54, 1.807) is 0 Å². The first kappa shape index (κ1) is 53.2. The van der Waals surface area contributed by atoms with Crippen LogP contribution in [-0.2, 0) is 17.8 Å². The molecule has 0 aliphatic heterocycles. The van der Waals surface area contributed by atoms with Crippen molar-refractivity contribution in [3.63, 3.8) is 0 Å². The Morgan fingerprint density at radius 1 is 0.257 bits per heavy atom. The van der Waals surface area contributed by atoms with Gasteiger partial charge in [0, 0.05) is 0 Å². The van der Waals surface area contributed by atoms with Crippen LogP contribution >= 0.6 is 0 Å². The second-order valence-corrected chi connectivity index (χ2v) is 13.8. The fourth-order valence-corrected chi connectivity index (χ4v) is 6.53. The fourth-order valence-electron chi connectivity index (χ4n) is 6.53. The van der Waals surface area contributed by atoms with Crippen LogP contribution in [0.25, 0.3) is 32.7 Å². The quantitative estimate of drug-likeness (QED) is 0.0627. The molecule has 70 heavy (non-hydrogen) atoms. The van der Waals surface area contributed by atoms with Gasteiger partial charge in [0.25, 0.3) is 0 Å². The van der Waals surface area contributed by atoms with Gasteiger partial charge in [0.1, 0.15) is 17.1 Å². The number of fused-ring (bicyclic) bond motifs is 3. The number of halogens is 33. The molecule has 40 heteroatoms. The Morgan fingerprint density at radius 2 is 0.429 bits per heavy atom. The van der Waals surface area contributed by atoms with Crippen molar-refractivity contribution in [3.05, 3.63) is 86.9 Å². The van der Waals surface area contributed by atoms with Gasteiger partial charge in [-0.25, -0.2) is 68.0 Å². The van der Waals surface area contributed by atoms with E-state index in [2.05, 4.69) is 0 Å². The van der Waals surface area contributed by atoms with Crippen molar-refractivity contribution >= 4 is 39.8 Å². The molecule has 0 aliphatic carbocycles. The Kier molecular flexibility index (Phi) is 11.5. The highest BCUT2D eigenvalue weighted by Gasteiger charge is 2.77. The Hall–Kier alpha value is -6.18. The number of rotatable bonds is 9. The Morgan fingerprint density at radius 3 is 0.600 bits per heavy atom. The number of benzene rings is 3. The van der Waals surface area contributed by atoms with Crippen LogP contribution in [0.15, 0.2) is 0 Å². The highest BCUT2D eigenvalue weighted by molar-refractivity contribution is 6.56. The van der Waals surface area contributed by atoms with Gasteiger partial charge in [-0.15, -0.1) is 0 Å². The molecule has 3 aromatic carbocycles. The SMILES string of the molecule is Fc1c(F)c(F)c2c(c(C(F)(F)C(F)(F)C(F)(F)F)nn2[BH-](n2nc(C(F)(F)C(F)(F)C(F)(F)F)c3c(F)c(F)c(F)c(F)c32)n2nc(C(F)(F)C(F)(F)C(F)(F)F)c3c(F)c(F)c(F)c(F)c32)c1F. The number of nitrogens with zero attached hydrogens (tertiary/aromatic N) is 6. The maximum absolute atomic E-state index is 15.8. The number of hydrogen-bond donors (Lipinski definition) is 0. The van der Waals surface area contributed by atoms with Crippen molar-refractivity contribution in [2.75, 3.05) is 0 Å². The maximum atomic E-state index is 15.8. The van der Waals surface area contributed by atoms with Gasteiger partial charge in [0.15, 0.2) is 69.8 Å². The molecule has 6 rings (SSSR count). The molecule has 0 unspecified atom stereocenters. The molecule has 3 aromatic heterocycles. The summed E-state index contributed by atoms with van der Waals surface area (Å²) in [6.07, 6.45) is -23.5. The molecule has 0 amide bonds. The van der Waals surface area contributed by atoms with Crippen LogP contribution in [0.4, 0.5) is 145 Å². The summed E-state index contributed by atoms with van der Waals surface area (Å²) in [6.45, 7) is 0. The molecule has 0 saturated heterocycles. The number of alkyl halides is 21.